The van der Waals surface area contributed by atoms with Crippen LogP contribution in [0.1, 0.15) is 15.9 Å². The number of alkyl halides is 3. The molecule has 0 bridgehead atoms. The maximum absolute atomic E-state index is 12.8. The average Bonchev–Trinajstić information content (AvgIpc) is 3.14. The fraction of sp³-hybridized carbons (Fsp3) is 0.250. The summed E-state index contributed by atoms with van der Waals surface area (Å²) in [4.78, 5) is 16.5. The molecule has 0 saturated carbocycles. The van der Waals surface area contributed by atoms with Gasteiger partial charge >= 0.3 is 6.18 Å². The Morgan fingerprint density at radius 1 is 1.20 bits per heavy atom. The first-order valence-corrected chi connectivity index (χ1v) is 8.90. The van der Waals surface area contributed by atoms with Crippen LogP contribution >= 0.6 is 0 Å². The summed E-state index contributed by atoms with van der Waals surface area (Å²) in [5.41, 5.74) is 0.427. The topological polar surface area (TPSA) is 78.3 Å². The Balaban J connectivity index is 1.90. The largest absolute Gasteiger partial charge is 0.438 e. The Morgan fingerprint density at radius 2 is 1.93 bits per heavy atom. The van der Waals surface area contributed by atoms with E-state index in [1.807, 2.05) is 0 Å². The molecule has 158 valence electrons. The lowest BCUT2D eigenvalue weighted by molar-refractivity contribution is -0.137. The summed E-state index contributed by atoms with van der Waals surface area (Å²) in [5, 5.41) is 7.00. The minimum Gasteiger partial charge on any atom is -0.438 e. The molecule has 3 rings (SSSR count). The minimum atomic E-state index is -4.44. The zero-order valence-corrected chi connectivity index (χ0v) is 16.2. The maximum Gasteiger partial charge on any atom is 0.416 e. The van der Waals surface area contributed by atoms with Gasteiger partial charge in [-0.25, -0.2) is 4.98 Å². The van der Waals surface area contributed by atoms with Crippen molar-refractivity contribution >= 4 is 5.91 Å². The van der Waals surface area contributed by atoms with E-state index in [1.54, 1.807) is 30.1 Å². The van der Waals surface area contributed by atoms with Crippen LogP contribution in [-0.2, 0) is 18.0 Å². The number of pyridine rings is 1. The van der Waals surface area contributed by atoms with Crippen molar-refractivity contribution in [2.45, 2.75) is 6.18 Å². The molecule has 1 aromatic carbocycles. The number of hydrogen-bond acceptors (Lipinski definition) is 5. The highest BCUT2D eigenvalue weighted by Crippen LogP contribution is 2.34. The fourth-order valence-electron chi connectivity index (χ4n) is 2.59. The number of hydrogen-bond donors (Lipinski definition) is 1. The molecular weight excluding hydrogens is 401 g/mol. The Kier molecular flexibility index (Phi) is 6.36. The standard InChI is InChI=1S/C20H19F3N4O3/c1-27-9-7-17(26-27)16-11-13(18(28)24-8-10-29-2)12-25-19(16)30-15-5-3-14(4-6-15)20(21,22)23/h3-7,9,11-12H,8,10H2,1-2H3,(H,24,28). The number of aromatic nitrogens is 3. The van der Waals surface area contributed by atoms with Crippen molar-refractivity contribution in [2.75, 3.05) is 20.3 Å². The SMILES string of the molecule is COCCNC(=O)c1cnc(Oc2ccc(C(F)(F)F)cc2)c(-c2ccn(C)n2)c1. The molecule has 10 heteroatoms. The highest BCUT2D eigenvalue weighted by molar-refractivity contribution is 5.95. The first-order valence-electron chi connectivity index (χ1n) is 8.90. The number of benzene rings is 1. The number of ether oxygens (including phenoxy) is 2. The van der Waals surface area contributed by atoms with Crippen molar-refractivity contribution in [3.63, 3.8) is 0 Å². The highest BCUT2D eigenvalue weighted by Gasteiger charge is 2.30. The summed E-state index contributed by atoms with van der Waals surface area (Å²) >= 11 is 0. The first-order chi connectivity index (χ1) is 14.3. The molecule has 0 fully saturated rings. The third-order valence-corrected chi connectivity index (χ3v) is 4.09. The molecule has 0 aliphatic carbocycles. The van der Waals surface area contributed by atoms with Gasteiger partial charge in [-0.2, -0.15) is 18.3 Å². The van der Waals surface area contributed by atoms with Gasteiger partial charge in [0.2, 0.25) is 5.88 Å². The van der Waals surface area contributed by atoms with Crippen molar-refractivity contribution in [1.82, 2.24) is 20.1 Å². The van der Waals surface area contributed by atoms with Crippen molar-refractivity contribution in [3.05, 3.63) is 59.9 Å². The van der Waals surface area contributed by atoms with Gasteiger partial charge in [-0.05, 0) is 36.4 Å². The van der Waals surface area contributed by atoms with Gasteiger partial charge in [0.15, 0.2) is 0 Å². The Bertz CT molecular complexity index is 1020. The second-order valence-corrected chi connectivity index (χ2v) is 6.32. The van der Waals surface area contributed by atoms with Crippen LogP contribution in [0, 0.1) is 0 Å². The first kappa shape index (κ1) is 21.3. The lowest BCUT2D eigenvalue weighted by atomic mass is 10.1. The van der Waals surface area contributed by atoms with Crippen LogP contribution in [0.25, 0.3) is 11.3 Å². The Morgan fingerprint density at radius 3 is 2.53 bits per heavy atom. The Labute approximate surface area is 170 Å². The smallest absolute Gasteiger partial charge is 0.416 e. The molecule has 30 heavy (non-hydrogen) atoms. The van der Waals surface area contributed by atoms with Gasteiger partial charge < -0.3 is 14.8 Å². The van der Waals surface area contributed by atoms with Crippen molar-refractivity contribution in [2.24, 2.45) is 7.05 Å². The van der Waals surface area contributed by atoms with Gasteiger partial charge in [-0.1, -0.05) is 0 Å². The number of carbonyl (C=O) groups excluding carboxylic acids is 1. The van der Waals surface area contributed by atoms with Gasteiger partial charge in [-0.3, -0.25) is 9.48 Å². The quantitative estimate of drug-likeness (QED) is 0.590. The lowest BCUT2D eigenvalue weighted by Crippen LogP contribution is -2.27. The second-order valence-electron chi connectivity index (χ2n) is 6.32. The number of nitrogens with zero attached hydrogens (tertiary/aromatic N) is 3. The molecule has 0 aliphatic rings. The van der Waals surface area contributed by atoms with Gasteiger partial charge in [0, 0.05) is 33.1 Å². The Hall–Kier alpha value is -3.40. The molecule has 0 aliphatic heterocycles. The summed E-state index contributed by atoms with van der Waals surface area (Å²) in [7, 11) is 3.26. The van der Waals surface area contributed by atoms with E-state index in [0.29, 0.717) is 24.4 Å². The van der Waals surface area contributed by atoms with E-state index < -0.39 is 11.7 Å². The highest BCUT2D eigenvalue weighted by atomic mass is 19.4. The number of aryl methyl sites for hydroxylation is 1. The summed E-state index contributed by atoms with van der Waals surface area (Å²) in [6.45, 7) is 0.694. The minimum absolute atomic E-state index is 0.113. The monoisotopic (exact) mass is 420 g/mol. The van der Waals surface area contributed by atoms with Crippen LogP contribution in [0.15, 0.2) is 48.8 Å². The lowest BCUT2D eigenvalue weighted by Gasteiger charge is -2.12. The molecule has 0 unspecified atom stereocenters. The van der Waals surface area contributed by atoms with Crippen LogP contribution in [0.2, 0.25) is 0 Å². The predicted octanol–water partition coefficient (Wildman–Crippen LogP) is 3.67. The normalized spacial score (nSPS) is 11.4. The summed E-state index contributed by atoms with van der Waals surface area (Å²) in [5.74, 6) is -0.0651. The fourth-order valence-corrected chi connectivity index (χ4v) is 2.59. The van der Waals surface area contributed by atoms with Crippen LogP contribution in [0.5, 0.6) is 11.6 Å². The predicted molar refractivity (Wildman–Crippen MR) is 102 cm³/mol. The van der Waals surface area contributed by atoms with Crippen molar-refractivity contribution in [1.29, 1.82) is 0 Å². The molecule has 7 nitrogen and oxygen atoms in total. The molecule has 1 amide bonds. The maximum atomic E-state index is 12.8. The molecule has 2 aromatic heterocycles. The molecular formula is C20H19F3N4O3. The molecule has 3 aromatic rings. The van der Waals surface area contributed by atoms with E-state index in [0.717, 1.165) is 12.1 Å². The number of halogens is 3. The van der Waals surface area contributed by atoms with E-state index in [2.05, 4.69) is 15.4 Å². The summed E-state index contributed by atoms with van der Waals surface area (Å²) < 4.78 is 50.4. The molecule has 1 N–H and O–H groups in total. The summed E-state index contributed by atoms with van der Waals surface area (Å²) in [6, 6.07) is 7.54. The number of methoxy groups -OCH3 is 1. The average molecular weight is 420 g/mol. The van der Waals surface area contributed by atoms with E-state index in [9.17, 15) is 18.0 Å². The number of nitrogens with one attached hydrogen (secondary N) is 1. The number of amides is 1. The van der Waals surface area contributed by atoms with E-state index in [1.165, 1.54) is 25.4 Å². The third-order valence-electron chi connectivity index (χ3n) is 4.09. The van der Waals surface area contributed by atoms with Gasteiger partial charge in [0.1, 0.15) is 5.75 Å². The van der Waals surface area contributed by atoms with Crippen molar-refractivity contribution < 1.29 is 27.4 Å². The molecule has 0 saturated heterocycles. The number of carbonyl (C=O) groups is 1. The van der Waals surface area contributed by atoms with E-state index in [-0.39, 0.29) is 23.1 Å². The van der Waals surface area contributed by atoms with E-state index >= 15 is 0 Å². The zero-order valence-electron chi connectivity index (χ0n) is 16.2. The van der Waals surface area contributed by atoms with Gasteiger partial charge in [0.05, 0.1) is 29.0 Å². The van der Waals surface area contributed by atoms with Crippen molar-refractivity contribution in [3.8, 4) is 22.9 Å². The molecule has 0 atom stereocenters. The zero-order chi connectivity index (χ0) is 21.7. The van der Waals surface area contributed by atoms with Crippen LogP contribution < -0.4 is 10.1 Å². The van der Waals surface area contributed by atoms with Gasteiger partial charge in [-0.15, -0.1) is 0 Å². The van der Waals surface area contributed by atoms with Gasteiger partial charge in [0.25, 0.3) is 5.91 Å². The molecule has 0 spiro atoms. The second kappa shape index (κ2) is 8.95. The van der Waals surface area contributed by atoms with Crippen LogP contribution in [0.3, 0.4) is 0 Å². The summed E-state index contributed by atoms with van der Waals surface area (Å²) in [6.07, 6.45) is -1.40. The van der Waals surface area contributed by atoms with E-state index in [4.69, 9.17) is 9.47 Å². The van der Waals surface area contributed by atoms with Crippen LogP contribution in [0.4, 0.5) is 13.2 Å². The molecule has 0 radical (unpaired) electrons. The van der Waals surface area contributed by atoms with Crippen LogP contribution in [-0.4, -0.2) is 40.9 Å². The third kappa shape index (κ3) is 5.15. The molecule has 2 heterocycles. The number of rotatable bonds is 7.